The van der Waals surface area contributed by atoms with Gasteiger partial charge in [-0.2, -0.15) is 0 Å². The van der Waals surface area contributed by atoms with Gasteiger partial charge in [-0.3, -0.25) is 9.69 Å². The molecule has 4 heteroatoms. The topological polar surface area (TPSA) is 49.8 Å². The molecular formula is C10H21NO3. The van der Waals surface area contributed by atoms with Gasteiger partial charge in [0, 0.05) is 26.3 Å². The number of hydrogen-bond acceptors (Lipinski definition) is 3. The van der Waals surface area contributed by atoms with Crippen molar-refractivity contribution in [3.63, 3.8) is 0 Å². The molecule has 0 aliphatic heterocycles. The normalized spacial score (nSPS) is 13.6. The van der Waals surface area contributed by atoms with Crippen molar-refractivity contribution in [3.05, 3.63) is 0 Å². The second kappa shape index (κ2) is 6.79. The lowest BCUT2D eigenvalue weighted by atomic mass is 10.1. The first-order chi connectivity index (χ1) is 6.47. The zero-order valence-corrected chi connectivity index (χ0v) is 9.49. The van der Waals surface area contributed by atoms with Gasteiger partial charge in [-0.15, -0.1) is 0 Å². The second-order valence-electron chi connectivity index (χ2n) is 3.98. The molecule has 0 spiro atoms. The van der Waals surface area contributed by atoms with E-state index in [1.165, 1.54) is 0 Å². The molecule has 0 aromatic heterocycles. The molecule has 0 radical (unpaired) electrons. The van der Waals surface area contributed by atoms with Crippen LogP contribution in [-0.2, 0) is 9.53 Å². The molecule has 0 aromatic carbocycles. The zero-order valence-electron chi connectivity index (χ0n) is 9.49. The van der Waals surface area contributed by atoms with E-state index >= 15 is 0 Å². The SMILES string of the molecule is COCC(C)CN(CC(=O)O)C(C)C. The van der Waals surface area contributed by atoms with Gasteiger partial charge < -0.3 is 9.84 Å². The predicted molar refractivity (Wildman–Crippen MR) is 55.4 cm³/mol. The summed E-state index contributed by atoms with van der Waals surface area (Å²) in [5.41, 5.74) is 0. The Morgan fingerprint density at radius 3 is 2.36 bits per heavy atom. The van der Waals surface area contributed by atoms with E-state index < -0.39 is 5.97 Å². The van der Waals surface area contributed by atoms with Gasteiger partial charge in [-0.05, 0) is 19.8 Å². The van der Waals surface area contributed by atoms with Crippen LogP contribution in [0.2, 0.25) is 0 Å². The second-order valence-corrected chi connectivity index (χ2v) is 3.98. The number of carboxylic acids is 1. The van der Waals surface area contributed by atoms with Crippen molar-refractivity contribution in [2.75, 3.05) is 26.8 Å². The van der Waals surface area contributed by atoms with Crippen LogP contribution in [0.1, 0.15) is 20.8 Å². The van der Waals surface area contributed by atoms with E-state index in [1.54, 1.807) is 7.11 Å². The average Bonchev–Trinajstić information content (AvgIpc) is 2.02. The van der Waals surface area contributed by atoms with Crippen molar-refractivity contribution < 1.29 is 14.6 Å². The van der Waals surface area contributed by atoms with Gasteiger partial charge >= 0.3 is 5.97 Å². The lowest BCUT2D eigenvalue weighted by Crippen LogP contribution is -2.39. The van der Waals surface area contributed by atoms with E-state index in [0.717, 1.165) is 6.54 Å². The fourth-order valence-corrected chi connectivity index (χ4v) is 1.37. The van der Waals surface area contributed by atoms with Crippen LogP contribution in [0, 0.1) is 5.92 Å². The monoisotopic (exact) mass is 203 g/mol. The molecule has 1 unspecified atom stereocenters. The Labute approximate surface area is 85.9 Å². The third kappa shape index (κ3) is 5.94. The van der Waals surface area contributed by atoms with E-state index in [4.69, 9.17) is 9.84 Å². The maximum absolute atomic E-state index is 10.6. The number of carboxylic acid groups (broad SMARTS) is 1. The van der Waals surface area contributed by atoms with Gasteiger partial charge in [0.1, 0.15) is 0 Å². The van der Waals surface area contributed by atoms with E-state index in [9.17, 15) is 4.79 Å². The van der Waals surface area contributed by atoms with Crippen LogP contribution in [0.5, 0.6) is 0 Å². The molecule has 4 nitrogen and oxygen atoms in total. The molecule has 0 fully saturated rings. The molecule has 84 valence electrons. The van der Waals surface area contributed by atoms with Crippen LogP contribution >= 0.6 is 0 Å². The fourth-order valence-electron chi connectivity index (χ4n) is 1.37. The number of nitrogens with zero attached hydrogens (tertiary/aromatic N) is 1. The molecule has 0 amide bonds. The van der Waals surface area contributed by atoms with Crippen LogP contribution in [0.25, 0.3) is 0 Å². The van der Waals surface area contributed by atoms with Crippen molar-refractivity contribution >= 4 is 5.97 Å². The van der Waals surface area contributed by atoms with Gasteiger partial charge in [0.25, 0.3) is 0 Å². The minimum absolute atomic E-state index is 0.103. The minimum atomic E-state index is -0.775. The molecule has 0 bridgehead atoms. The van der Waals surface area contributed by atoms with Crippen molar-refractivity contribution in [3.8, 4) is 0 Å². The molecule has 0 saturated heterocycles. The van der Waals surface area contributed by atoms with Gasteiger partial charge in [-0.1, -0.05) is 6.92 Å². The first-order valence-electron chi connectivity index (χ1n) is 4.92. The number of ether oxygens (including phenoxy) is 1. The molecular weight excluding hydrogens is 182 g/mol. The van der Waals surface area contributed by atoms with Gasteiger partial charge in [-0.25, -0.2) is 0 Å². The summed E-state index contributed by atoms with van der Waals surface area (Å²) in [6, 6.07) is 0.255. The van der Waals surface area contributed by atoms with E-state index in [1.807, 2.05) is 18.7 Å². The standard InChI is InChI=1S/C10H21NO3/c1-8(2)11(6-10(12)13)5-9(3)7-14-4/h8-9H,5-7H2,1-4H3,(H,12,13). The number of methoxy groups -OCH3 is 1. The van der Waals surface area contributed by atoms with E-state index in [-0.39, 0.29) is 12.6 Å². The van der Waals surface area contributed by atoms with Gasteiger partial charge in [0.05, 0.1) is 6.54 Å². The lowest BCUT2D eigenvalue weighted by Gasteiger charge is -2.27. The van der Waals surface area contributed by atoms with E-state index in [0.29, 0.717) is 12.5 Å². The summed E-state index contributed by atoms with van der Waals surface area (Å²) >= 11 is 0. The molecule has 1 atom stereocenters. The summed E-state index contributed by atoms with van der Waals surface area (Å²) in [6.07, 6.45) is 0. The molecule has 0 heterocycles. The Hall–Kier alpha value is -0.610. The van der Waals surface area contributed by atoms with Gasteiger partial charge in [0.15, 0.2) is 0 Å². The zero-order chi connectivity index (χ0) is 11.1. The molecule has 0 rings (SSSR count). The van der Waals surface area contributed by atoms with Gasteiger partial charge in [0.2, 0.25) is 0 Å². The summed E-state index contributed by atoms with van der Waals surface area (Å²) in [5.74, 6) is -0.412. The Morgan fingerprint density at radius 1 is 1.43 bits per heavy atom. The van der Waals surface area contributed by atoms with Crippen LogP contribution in [0.4, 0.5) is 0 Å². The van der Waals surface area contributed by atoms with Crippen molar-refractivity contribution in [1.82, 2.24) is 4.90 Å². The maximum atomic E-state index is 10.6. The number of rotatable bonds is 7. The summed E-state index contributed by atoms with van der Waals surface area (Å²) in [7, 11) is 1.66. The summed E-state index contributed by atoms with van der Waals surface area (Å²) in [6.45, 7) is 7.60. The number of carbonyl (C=O) groups is 1. The number of hydrogen-bond donors (Lipinski definition) is 1. The molecule has 0 saturated carbocycles. The van der Waals surface area contributed by atoms with Crippen LogP contribution in [-0.4, -0.2) is 48.8 Å². The highest BCUT2D eigenvalue weighted by atomic mass is 16.5. The Kier molecular flexibility index (Phi) is 6.49. The Balaban J connectivity index is 4.02. The first-order valence-corrected chi connectivity index (χ1v) is 4.92. The third-order valence-corrected chi connectivity index (χ3v) is 2.07. The summed E-state index contributed by atoms with van der Waals surface area (Å²) in [4.78, 5) is 12.5. The number of aliphatic carboxylic acids is 1. The average molecular weight is 203 g/mol. The maximum Gasteiger partial charge on any atom is 0.317 e. The third-order valence-electron chi connectivity index (χ3n) is 2.07. The quantitative estimate of drug-likeness (QED) is 0.672. The summed E-state index contributed by atoms with van der Waals surface area (Å²) < 4.78 is 5.02. The molecule has 14 heavy (non-hydrogen) atoms. The molecule has 1 N–H and O–H groups in total. The largest absolute Gasteiger partial charge is 0.480 e. The smallest absolute Gasteiger partial charge is 0.317 e. The molecule has 0 aliphatic rings. The van der Waals surface area contributed by atoms with Crippen LogP contribution < -0.4 is 0 Å². The first kappa shape index (κ1) is 13.4. The predicted octanol–water partition coefficient (Wildman–Crippen LogP) is 1.06. The Bertz CT molecular complexity index is 171. The van der Waals surface area contributed by atoms with Crippen LogP contribution in [0.3, 0.4) is 0 Å². The highest BCUT2D eigenvalue weighted by Gasteiger charge is 2.15. The molecule has 0 aliphatic carbocycles. The van der Waals surface area contributed by atoms with Crippen molar-refractivity contribution in [2.45, 2.75) is 26.8 Å². The van der Waals surface area contributed by atoms with Crippen molar-refractivity contribution in [1.29, 1.82) is 0 Å². The lowest BCUT2D eigenvalue weighted by molar-refractivity contribution is -0.139. The van der Waals surface area contributed by atoms with E-state index in [2.05, 4.69) is 6.92 Å². The summed E-state index contributed by atoms with van der Waals surface area (Å²) in [5, 5.41) is 8.70. The fraction of sp³-hybridized carbons (Fsp3) is 0.900. The molecule has 0 aromatic rings. The minimum Gasteiger partial charge on any atom is -0.480 e. The van der Waals surface area contributed by atoms with Crippen molar-refractivity contribution in [2.24, 2.45) is 5.92 Å². The Morgan fingerprint density at radius 2 is 2.00 bits per heavy atom. The highest BCUT2D eigenvalue weighted by molar-refractivity contribution is 5.69. The van der Waals surface area contributed by atoms with Crippen LogP contribution in [0.15, 0.2) is 0 Å². The highest BCUT2D eigenvalue weighted by Crippen LogP contribution is 2.04.